The van der Waals surface area contributed by atoms with E-state index in [1.165, 1.54) is 25.8 Å². The van der Waals surface area contributed by atoms with Crippen LogP contribution in [0.1, 0.15) is 42.7 Å². The predicted octanol–water partition coefficient (Wildman–Crippen LogP) is 3.53. The molecule has 1 unspecified atom stereocenters. The third-order valence-corrected chi connectivity index (χ3v) is 6.09. The summed E-state index contributed by atoms with van der Waals surface area (Å²) in [4.78, 5) is 17.5. The van der Waals surface area contributed by atoms with Gasteiger partial charge in [-0.3, -0.25) is 4.79 Å². The highest BCUT2D eigenvalue weighted by molar-refractivity contribution is 5.97. The van der Waals surface area contributed by atoms with Crippen molar-refractivity contribution < 1.29 is 13.9 Å². The molecule has 2 saturated heterocycles. The lowest BCUT2D eigenvalue weighted by molar-refractivity contribution is 0.0720. The Morgan fingerprint density at radius 1 is 1.16 bits per heavy atom. The lowest BCUT2D eigenvalue weighted by Gasteiger charge is -2.35. The maximum Gasteiger partial charge on any atom is 0.289 e. The van der Waals surface area contributed by atoms with Crippen LogP contribution in [-0.4, -0.2) is 55.0 Å². The number of carbonyl (C=O) groups is 1. The molecule has 0 radical (unpaired) electrons. The summed E-state index contributed by atoms with van der Waals surface area (Å²) in [7, 11) is 3.85. The zero-order valence-corrected chi connectivity index (χ0v) is 15.1. The third kappa shape index (κ3) is 2.80. The molecule has 5 heteroatoms. The first-order valence-corrected chi connectivity index (χ1v) is 9.20. The van der Waals surface area contributed by atoms with E-state index in [9.17, 15) is 4.79 Å². The molecule has 2 aromatic rings. The minimum Gasteiger partial charge on any atom is -0.493 e. The first-order chi connectivity index (χ1) is 12.1. The standard InChI is InChI=1S/C20H26N2O3/c1-21-11-4-8-20(21)9-5-12-22(13-10-20)19(23)17-14-15-6-3-7-16(24-2)18(15)25-17/h3,6-7,14H,4-5,8-13H2,1-2H3. The quantitative estimate of drug-likeness (QED) is 0.837. The Labute approximate surface area is 148 Å². The molecule has 1 atom stereocenters. The number of rotatable bonds is 2. The fourth-order valence-electron chi connectivity index (χ4n) is 4.55. The molecule has 1 amide bonds. The van der Waals surface area contributed by atoms with Gasteiger partial charge < -0.3 is 19.0 Å². The number of furan rings is 1. The summed E-state index contributed by atoms with van der Waals surface area (Å²) in [5.74, 6) is 1.07. The van der Waals surface area contributed by atoms with Crippen LogP contribution in [0, 0.1) is 0 Å². The van der Waals surface area contributed by atoms with Crippen molar-refractivity contribution in [2.75, 3.05) is 33.8 Å². The molecular formula is C20H26N2O3. The van der Waals surface area contributed by atoms with Gasteiger partial charge >= 0.3 is 0 Å². The number of fused-ring (bicyclic) bond motifs is 1. The molecule has 1 aromatic carbocycles. The predicted molar refractivity (Wildman–Crippen MR) is 97.1 cm³/mol. The van der Waals surface area contributed by atoms with Crippen molar-refractivity contribution in [3.63, 3.8) is 0 Å². The van der Waals surface area contributed by atoms with Crippen molar-refractivity contribution in [3.05, 3.63) is 30.0 Å². The van der Waals surface area contributed by atoms with Crippen molar-refractivity contribution in [1.29, 1.82) is 0 Å². The third-order valence-electron chi connectivity index (χ3n) is 6.09. The number of amides is 1. The molecule has 0 bridgehead atoms. The summed E-state index contributed by atoms with van der Waals surface area (Å²) < 4.78 is 11.2. The number of hydrogen-bond acceptors (Lipinski definition) is 4. The summed E-state index contributed by atoms with van der Waals surface area (Å²) >= 11 is 0. The van der Waals surface area contributed by atoms with E-state index in [2.05, 4.69) is 11.9 Å². The van der Waals surface area contributed by atoms with E-state index < -0.39 is 0 Å². The number of methoxy groups -OCH3 is 1. The van der Waals surface area contributed by atoms with Crippen LogP contribution >= 0.6 is 0 Å². The molecule has 25 heavy (non-hydrogen) atoms. The van der Waals surface area contributed by atoms with Gasteiger partial charge in [-0.1, -0.05) is 12.1 Å². The number of nitrogens with zero attached hydrogens (tertiary/aromatic N) is 2. The Morgan fingerprint density at radius 3 is 2.68 bits per heavy atom. The second-order valence-electron chi connectivity index (χ2n) is 7.38. The van der Waals surface area contributed by atoms with E-state index in [4.69, 9.17) is 9.15 Å². The van der Waals surface area contributed by atoms with Crippen LogP contribution in [0.5, 0.6) is 5.75 Å². The number of benzene rings is 1. The molecule has 1 aromatic heterocycles. The monoisotopic (exact) mass is 342 g/mol. The van der Waals surface area contributed by atoms with Gasteiger partial charge in [0.15, 0.2) is 17.1 Å². The largest absolute Gasteiger partial charge is 0.493 e. The number of likely N-dealkylation sites (tertiary alicyclic amines) is 2. The van der Waals surface area contributed by atoms with Crippen molar-refractivity contribution in [1.82, 2.24) is 9.80 Å². The minimum atomic E-state index is -0.00375. The summed E-state index contributed by atoms with van der Waals surface area (Å²) in [6, 6.07) is 7.55. The SMILES string of the molecule is COc1cccc2cc(C(=O)N3CCCC4(CCCN4C)CC3)oc12. The highest BCUT2D eigenvalue weighted by atomic mass is 16.5. The van der Waals surface area contributed by atoms with Crippen LogP contribution < -0.4 is 4.74 Å². The van der Waals surface area contributed by atoms with Gasteiger partial charge in [0.1, 0.15) is 0 Å². The van der Waals surface area contributed by atoms with Crippen molar-refractivity contribution in [2.45, 2.75) is 37.6 Å². The molecule has 0 saturated carbocycles. The summed E-state index contributed by atoms with van der Waals surface area (Å²) in [6.45, 7) is 2.79. The Bertz CT molecular complexity index is 784. The Balaban J connectivity index is 1.55. The topological polar surface area (TPSA) is 45.9 Å². The second-order valence-corrected chi connectivity index (χ2v) is 7.38. The summed E-state index contributed by atoms with van der Waals surface area (Å²) in [5.41, 5.74) is 0.946. The van der Waals surface area contributed by atoms with Crippen molar-refractivity contribution in [2.24, 2.45) is 0 Å². The molecule has 4 rings (SSSR count). The van der Waals surface area contributed by atoms with E-state index in [0.717, 1.165) is 31.3 Å². The highest BCUT2D eigenvalue weighted by Gasteiger charge is 2.40. The Kier molecular flexibility index (Phi) is 4.20. The van der Waals surface area contributed by atoms with E-state index in [1.54, 1.807) is 7.11 Å². The van der Waals surface area contributed by atoms with Crippen LogP contribution in [-0.2, 0) is 0 Å². The van der Waals surface area contributed by atoms with Crippen LogP contribution in [0.4, 0.5) is 0 Å². The second kappa shape index (κ2) is 6.37. The number of hydrogen-bond donors (Lipinski definition) is 0. The molecule has 2 fully saturated rings. The number of para-hydroxylation sites is 1. The molecule has 5 nitrogen and oxygen atoms in total. The van der Waals surface area contributed by atoms with E-state index >= 15 is 0 Å². The first-order valence-electron chi connectivity index (χ1n) is 9.20. The summed E-state index contributed by atoms with van der Waals surface area (Å²) in [5, 5.41) is 0.907. The highest BCUT2D eigenvalue weighted by Crippen LogP contribution is 2.37. The van der Waals surface area contributed by atoms with Gasteiger partial charge in [-0.2, -0.15) is 0 Å². The van der Waals surface area contributed by atoms with Gasteiger partial charge in [-0.15, -0.1) is 0 Å². The average Bonchev–Trinajstić information content (AvgIpc) is 3.13. The molecule has 0 N–H and O–H groups in total. The fraction of sp³-hybridized carbons (Fsp3) is 0.550. The van der Waals surface area contributed by atoms with Gasteiger partial charge in [-0.25, -0.2) is 0 Å². The lowest BCUT2D eigenvalue weighted by Crippen LogP contribution is -2.42. The van der Waals surface area contributed by atoms with E-state index in [-0.39, 0.29) is 5.91 Å². The molecule has 3 heterocycles. The van der Waals surface area contributed by atoms with Crippen molar-refractivity contribution >= 4 is 16.9 Å². The Hall–Kier alpha value is -2.01. The number of carbonyl (C=O) groups excluding carboxylic acids is 1. The smallest absolute Gasteiger partial charge is 0.289 e. The van der Waals surface area contributed by atoms with Crippen LogP contribution in [0.25, 0.3) is 11.0 Å². The maximum atomic E-state index is 13.0. The van der Waals surface area contributed by atoms with E-state index in [1.807, 2.05) is 29.2 Å². The average molecular weight is 342 g/mol. The summed E-state index contributed by atoms with van der Waals surface area (Å²) in [6.07, 6.45) is 5.82. The lowest BCUT2D eigenvalue weighted by atomic mass is 9.88. The molecule has 2 aliphatic rings. The maximum absolute atomic E-state index is 13.0. The molecule has 0 aliphatic carbocycles. The van der Waals surface area contributed by atoms with Gasteiger partial charge in [0.25, 0.3) is 5.91 Å². The van der Waals surface area contributed by atoms with Crippen molar-refractivity contribution in [3.8, 4) is 5.75 Å². The van der Waals surface area contributed by atoms with Gasteiger partial charge in [-0.05, 0) is 57.8 Å². The number of ether oxygens (including phenoxy) is 1. The molecular weight excluding hydrogens is 316 g/mol. The zero-order chi connectivity index (χ0) is 17.4. The van der Waals surface area contributed by atoms with Gasteiger partial charge in [0, 0.05) is 24.0 Å². The van der Waals surface area contributed by atoms with Gasteiger partial charge in [0.05, 0.1) is 7.11 Å². The first kappa shape index (κ1) is 16.5. The fourth-order valence-corrected chi connectivity index (χ4v) is 4.55. The van der Waals surface area contributed by atoms with Gasteiger partial charge in [0.2, 0.25) is 0 Å². The molecule has 2 aliphatic heterocycles. The zero-order valence-electron chi connectivity index (χ0n) is 15.1. The molecule has 1 spiro atoms. The van der Waals surface area contributed by atoms with Crippen LogP contribution in [0.3, 0.4) is 0 Å². The normalized spacial score (nSPS) is 24.8. The van der Waals surface area contributed by atoms with Crippen LogP contribution in [0.2, 0.25) is 0 Å². The Morgan fingerprint density at radius 2 is 1.96 bits per heavy atom. The van der Waals surface area contributed by atoms with E-state index in [0.29, 0.717) is 22.6 Å². The molecule has 134 valence electrons. The van der Waals surface area contributed by atoms with Crippen LogP contribution in [0.15, 0.2) is 28.7 Å². The minimum absolute atomic E-state index is 0.00375.